The van der Waals surface area contributed by atoms with Gasteiger partial charge in [0.15, 0.2) is 0 Å². The SMILES string of the molecule is COC(=O)[C@@H](NC(=O)[C@H](NC(=O)C1CCC(C)CC1)C(C)C)C(C)C. The zero-order chi connectivity index (χ0) is 19.1. The van der Waals surface area contributed by atoms with E-state index in [4.69, 9.17) is 4.74 Å². The highest BCUT2D eigenvalue weighted by molar-refractivity contribution is 5.91. The number of hydrogen-bond acceptors (Lipinski definition) is 4. The molecule has 0 aliphatic heterocycles. The van der Waals surface area contributed by atoms with Crippen molar-refractivity contribution in [2.45, 2.75) is 72.4 Å². The number of rotatable bonds is 7. The van der Waals surface area contributed by atoms with E-state index in [1.165, 1.54) is 7.11 Å². The number of carbonyl (C=O) groups is 3. The van der Waals surface area contributed by atoms with Crippen molar-refractivity contribution >= 4 is 17.8 Å². The molecule has 6 heteroatoms. The molecule has 0 radical (unpaired) electrons. The third kappa shape index (κ3) is 6.33. The Morgan fingerprint density at radius 3 is 1.84 bits per heavy atom. The molecule has 0 unspecified atom stereocenters. The van der Waals surface area contributed by atoms with Crippen LogP contribution >= 0.6 is 0 Å². The first-order chi connectivity index (χ1) is 11.7. The summed E-state index contributed by atoms with van der Waals surface area (Å²) in [5.41, 5.74) is 0. The number of carbonyl (C=O) groups excluding carboxylic acids is 3. The molecule has 1 saturated carbocycles. The van der Waals surface area contributed by atoms with Crippen LogP contribution in [-0.2, 0) is 19.1 Å². The van der Waals surface area contributed by atoms with Crippen molar-refractivity contribution in [3.8, 4) is 0 Å². The van der Waals surface area contributed by atoms with Gasteiger partial charge in [-0.1, -0.05) is 34.6 Å². The van der Waals surface area contributed by atoms with Crippen LogP contribution in [0.25, 0.3) is 0 Å². The summed E-state index contributed by atoms with van der Waals surface area (Å²) in [5, 5.41) is 5.63. The van der Waals surface area contributed by atoms with Gasteiger partial charge in [-0.3, -0.25) is 9.59 Å². The highest BCUT2D eigenvalue weighted by Crippen LogP contribution is 2.28. The van der Waals surface area contributed by atoms with Crippen LogP contribution in [0.2, 0.25) is 0 Å². The summed E-state index contributed by atoms with van der Waals surface area (Å²) in [4.78, 5) is 37.1. The first-order valence-electron chi connectivity index (χ1n) is 9.35. The van der Waals surface area contributed by atoms with E-state index in [2.05, 4.69) is 17.6 Å². The van der Waals surface area contributed by atoms with Crippen LogP contribution in [0.5, 0.6) is 0 Å². The lowest BCUT2D eigenvalue weighted by Gasteiger charge is -2.29. The van der Waals surface area contributed by atoms with Gasteiger partial charge >= 0.3 is 5.97 Å². The molecule has 0 aromatic heterocycles. The molecule has 0 saturated heterocycles. The molecular formula is C19H34N2O4. The topological polar surface area (TPSA) is 84.5 Å². The van der Waals surface area contributed by atoms with Crippen LogP contribution < -0.4 is 10.6 Å². The fourth-order valence-corrected chi connectivity index (χ4v) is 3.20. The molecule has 144 valence electrons. The van der Waals surface area contributed by atoms with Gasteiger partial charge in [0, 0.05) is 5.92 Å². The Morgan fingerprint density at radius 2 is 1.40 bits per heavy atom. The molecular weight excluding hydrogens is 320 g/mol. The zero-order valence-corrected chi connectivity index (χ0v) is 16.4. The molecule has 1 aliphatic carbocycles. The van der Waals surface area contributed by atoms with E-state index >= 15 is 0 Å². The van der Waals surface area contributed by atoms with Crippen molar-refractivity contribution in [2.75, 3.05) is 7.11 Å². The van der Waals surface area contributed by atoms with E-state index in [1.54, 1.807) is 0 Å². The second-order valence-electron chi connectivity index (χ2n) is 7.94. The van der Waals surface area contributed by atoms with E-state index in [-0.39, 0.29) is 29.6 Å². The Hall–Kier alpha value is -1.59. The van der Waals surface area contributed by atoms with Crippen molar-refractivity contribution in [3.05, 3.63) is 0 Å². The van der Waals surface area contributed by atoms with Crippen LogP contribution in [0, 0.1) is 23.7 Å². The van der Waals surface area contributed by atoms with Gasteiger partial charge in [0.2, 0.25) is 11.8 Å². The van der Waals surface area contributed by atoms with Crippen LogP contribution in [0.3, 0.4) is 0 Å². The Labute approximate surface area is 151 Å². The first-order valence-corrected chi connectivity index (χ1v) is 9.35. The smallest absolute Gasteiger partial charge is 0.328 e. The third-order valence-electron chi connectivity index (χ3n) is 5.05. The van der Waals surface area contributed by atoms with E-state index < -0.39 is 18.1 Å². The van der Waals surface area contributed by atoms with Gasteiger partial charge in [-0.2, -0.15) is 0 Å². The van der Waals surface area contributed by atoms with Crippen LogP contribution in [0.15, 0.2) is 0 Å². The summed E-state index contributed by atoms with van der Waals surface area (Å²) >= 11 is 0. The number of hydrogen-bond donors (Lipinski definition) is 2. The lowest BCUT2D eigenvalue weighted by Crippen LogP contribution is -2.56. The first kappa shape index (κ1) is 21.5. The lowest BCUT2D eigenvalue weighted by atomic mass is 9.82. The number of amides is 2. The highest BCUT2D eigenvalue weighted by atomic mass is 16.5. The molecule has 2 atom stereocenters. The van der Waals surface area contributed by atoms with Crippen molar-refractivity contribution < 1.29 is 19.1 Å². The molecule has 2 amide bonds. The molecule has 1 fully saturated rings. The van der Waals surface area contributed by atoms with Crippen LogP contribution in [0.1, 0.15) is 60.3 Å². The molecule has 2 N–H and O–H groups in total. The maximum atomic E-state index is 12.7. The summed E-state index contributed by atoms with van der Waals surface area (Å²) in [6.07, 6.45) is 3.84. The van der Waals surface area contributed by atoms with E-state index in [0.29, 0.717) is 5.92 Å². The second-order valence-corrected chi connectivity index (χ2v) is 7.94. The fraction of sp³-hybridized carbons (Fsp3) is 0.842. The van der Waals surface area contributed by atoms with Crippen molar-refractivity contribution in [1.29, 1.82) is 0 Å². The second kappa shape index (κ2) is 9.78. The molecule has 25 heavy (non-hydrogen) atoms. The Balaban J connectivity index is 2.73. The maximum absolute atomic E-state index is 12.7. The largest absolute Gasteiger partial charge is 0.467 e. The van der Waals surface area contributed by atoms with E-state index in [0.717, 1.165) is 25.7 Å². The molecule has 0 heterocycles. The Bertz CT molecular complexity index is 468. The molecule has 0 aromatic carbocycles. The van der Waals surface area contributed by atoms with Gasteiger partial charge < -0.3 is 15.4 Å². The summed E-state index contributed by atoms with van der Waals surface area (Å²) in [7, 11) is 1.30. The van der Waals surface area contributed by atoms with Gasteiger partial charge in [-0.25, -0.2) is 4.79 Å². The molecule has 0 spiro atoms. The van der Waals surface area contributed by atoms with Gasteiger partial charge in [0.1, 0.15) is 12.1 Å². The van der Waals surface area contributed by atoms with Gasteiger partial charge in [0.25, 0.3) is 0 Å². The molecule has 0 bridgehead atoms. The maximum Gasteiger partial charge on any atom is 0.328 e. The standard InChI is InChI=1S/C19H34N2O4/c1-11(2)15(18(23)21-16(12(3)4)19(24)25-6)20-17(22)14-9-7-13(5)8-10-14/h11-16H,7-10H2,1-6H3,(H,20,22)(H,21,23)/t13?,14?,15-,16+/m1/s1. The molecule has 6 nitrogen and oxygen atoms in total. The third-order valence-corrected chi connectivity index (χ3v) is 5.05. The number of ether oxygens (including phenoxy) is 1. The van der Waals surface area contributed by atoms with Crippen molar-refractivity contribution in [3.63, 3.8) is 0 Å². The monoisotopic (exact) mass is 354 g/mol. The van der Waals surface area contributed by atoms with E-state index in [9.17, 15) is 14.4 Å². The van der Waals surface area contributed by atoms with Gasteiger partial charge in [-0.05, 0) is 43.4 Å². The van der Waals surface area contributed by atoms with Gasteiger partial charge in [0.05, 0.1) is 7.11 Å². The summed E-state index contributed by atoms with van der Waals surface area (Å²) in [6, 6.07) is -1.37. The van der Waals surface area contributed by atoms with Crippen LogP contribution in [0.4, 0.5) is 0 Å². The minimum atomic E-state index is -0.716. The summed E-state index contributed by atoms with van der Waals surface area (Å²) < 4.78 is 4.76. The highest BCUT2D eigenvalue weighted by Gasteiger charge is 2.33. The molecule has 1 rings (SSSR count). The summed E-state index contributed by atoms with van der Waals surface area (Å²) in [6.45, 7) is 9.66. The minimum Gasteiger partial charge on any atom is -0.467 e. The Kier molecular flexibility index (Phi) is 8.39. The molecule has 0 aromatic rings. The lowest BCUT2D eigenvalue weighted by molar-refractivity contribution is -0.147. The fourth-order valence-electron chi connectivity index (χ4n) is 3.20. The normalized spacial score (nSPS) is 23.0. The number of nitrogens with one attached hydrogen (secondary N) is 2. The quantitative estimate of drug-likeness (QED) is 0.687. The molecule has 1 aliphatic rings. The van der Waals surface area contributed by atoms with Gasteiger partial charge in [-0.15, -0.1) is 0 Å². The number of esters is 1. The predicted octanol–water partition coefficient (Wildman–Crippen LogP) is 2.27. The number of methoxy groups -OCH3 is 1. The van der Waals surface area contributed by atoms with Crippen molar-refractivity contribution in [1.82, 2.24) is 10.6 Å². The van der Waals surface area contributed by atoms with E-state index in [1.807, 2.05) is 27.7 Å². The van der Waals surface area contributed by atoms with Crippen LogP contribution in [-0.4, -0.2) is 37.0 Å². The average Bonchev–Trinajstić information content (AvgIpc) is 2.56. The predicted molar refractivity (Wildman–Crippen MR) is 96.7 cm³/mol. The van der Waals surface area contributed by atoms with Crippen molar-refractivity contribution in [2.24, 2.45) is 23.7 Å². The summed E-state index contributed by atoms with van der Waals surface area (Å²) in [5.74, 6) is -0.390. The Morgan fingerprint density at radius 1 is 0.880 bits per heavy atom. The average molecular weight is 354 g/mol. The minimum absolute atomic E-state index is 0.0215. The zero-order valence-electron chi connectivity index (χ0n) is 16.4.